The van der Waals surface area contributed by atoms with Crippen molar-refractivity contribution in [3.05, 3.63) is 39.7 Å². The number of benzene rings is 1. The van der Waals surface area contributed by atoms with Crippen LogP contribution in [0.3, 0.4) is 0 Å². The van der Waals surface area contributed by atoms with Gasteiger partial charge in [0, 0.05) is 25.2 Å². The van der Waals surface area contributed by atoms with Crippen LogP contribution in [-0.4, -0.2) is 35.5 Å². The zero-order valence-electron chi connectivity index (χ0n) is 11.4. The highest BCUT2D eigenvalue weighted by Gasteiger charge is 2.41. The lowest BCUT2D eigenvalue weighted by atomic mass is 9.95. The molecule has 2 saturated heterocycles. The van der Waals surface area contributed by atoms with E-state index in [2.05, 4.69) is 17.1 Å². The topological polar surface area (TPSA) is 58.4 Å². The molecule has 0 spiro atoms. The fourth-order valence-corrected chi connectivity index (χ4v) is 3.50. The summed E-state index contributed by atoms with van der Waals surface area (Å²) in [7, 11) is 0. The SMILES string of the molecule is CC1C2CNCC2CN1Cc1ccc([N+](=O)[O-])c(F)c1. The van der Waals surface area contributed by atoms with E-state index in [1.54, 1.807) is 6.07 Å². The summed E-state index contributed by atoms with van der Waals surface area (Å²) in [5, 5.41) is 14.0. The molecule has 3 unspecified atom stereocenters. The molecule has 1 N–H and O–H groups in total. The summed E-state index contributed by atoms with van der Waals surface area (Å²) < 4.78 is 13.6. The first-order valence-corrected chi connectivity index (χ1v) is 6.94. The normalized spacial score (nSPS) is 29.6. The molecule has 0 radical (unpaired) electrons. The highest BCUT2D eigenvalue weighted by Crippen LogP contribution is 2.33. The summed E-state index contributed by atoms with van der Waals surface area (Å²) >= 11 is 0. The molecule has 0 aliphatic carbocycles. The number of hydrogen-bond donors (Lipinski definition) is 1. The first kappa shape index (κ1) is 13.5. The van der Waals surface area contributed by atoms with Gasteiger partial charge in [-0.15, -0.1) is 0 Å². The van der Waals surface area contributed by atoms with Gasteiger partial charge in [0.25, 0.3) is 0 Å². The number of nitro groups is 1. The number of nitrogens with one attached hydrogen (secondary N) is 1. The minimum atomic E-state index is -0.749. The van der Waals surface area contributed by atoms with E-state index in [0.717, 1.165) is 25.2 Å². The van der Waals surface area contributed by atoms with E-state index >= 15 is 0 Å². The molecule has 3 rings (SSSR count). The van der Waals surface area contributed by atoms with Crippen molar-refractivity contribution < 1.29 is 9.31 Å². The molecule has 20 heavy (non-hydrogen) atoms. The van der Waals surface area contributed by atoms with Crippen LogP contribution in [0.1, 0.15) is 12.5 Å². The van der Waals surface area contributed by atoms with Crippen molar-refractivity contribution in [1.29, 1.82) is 0 Å². The molecule has 5 nitrogen and oxygen atoms in total. The van der Waals surface area contributed by atoms with Gasteiger partial charge in [0.1, 0.15) is 0 Å². The number of hydrogen-bond acceptors (Lipinski definition) is 4. The van der Waals surface area contributed by atoms with E-state index in [-0.39, 0.29) is 0 Å². The highest BCUT2D eigenvalue weighted by atomic mass is 19.1. The van der Waals surface area contributed by atoms with E-state index < -0.39 is 16.4 Å². The zero-order valence-corrected chi connectivity index (χ0v) is 11.4. The number of fused-ring (bicyclic) bond motifs is 1. The van der Waals surface area contributed by atoms with Crippen LogP contribution in [0.25, 0.3) is 0 Å². The number of halogens is 1. The summed E-state index contributed by atoms with van der Waals surface area (Å²) in [5.41, 5.74) is 0.345. The second kappa shape index (κ2) is 5.10. The number of nitro benzene ring substituents is 1. The number of rotatable bonds is 3. The van der Waals surface area contributed by atoms with Crippen LogP contribution in [0.5, 0.6) is 0 Å². The smallest absolute Gasteiger partial charge is 0.304 e. The van der Waals surface area contributed by atoms with E-state index in [1.165, 1.54) is 12.1 Å². The summed E-state index contributed by atoms with van der Waals surface area (Å²) in [6.45, 7) is 5.98. The van der Waals surface area contributed by atoms with Gasteiger partial charge in [-0.1, -0.05) is 6.07 Å². The predicted octanol–water partition coefficient (Wildman–Crippen LogP) is 1.77. The molecule has 2 aliphatic rings. The van der Waals surface area contributed by atoms with E-state index in [9.17, 15) is 14.5 Å². The molecule has 0 amide bonds. The van der Waals surface area contributed by atoms with Gasteiger partial charge < -0.3 is 5.32 Å². The highest BCUT2D eigenvalue weighted by molar-refractivity contribution is 5.35. The quantitative estimate of drug-likeness (QED) is 0.677. The summed E-state index contributed by atoms with van der Waals surface area (Å²) in [6, 6.07) is 4.67. The molecule has 2 aliphatic heterocycles. The maximum Gasteiger partial charge on any atom is 0.304 e. The maximum absolute atomic E-state index is 13.6. The summed E-state index contributed by atoms with van der Waals surface area (Å²) in [4.78, 5) is 12.3. The average Bonchev–Trinajstić information content (AvgIpc) is 2.94. The molecule has 1 aromatic carbocycles. The maximum atomic E-state index is 13.6. The molecule has 3 atom stereocenters. The lowest BCUT2D eigenvalue weighted by molar-refractivity contribution is -0.387. The Bertz CT molecular complexity index is 537. The summed E-state index contributed by atoms with van der Waals surface area (Å²) in [5.74, 6) is 0.590. The second-order valence-corrected chi connectivity index (χ2v) is 5.80. The van der Waals surface area contributed by atoms with Crippen molar-refractivity contribution in [2.24, 2.45) is 11.8 Å². The molecule has 2 fully saturated rings. The second-order valence-electron chi connectivity index (χ2n) is 5.80. The molecule has 1 aromatic rings. The van der Waals surface area contributed by atoms with Gasteiger partial charge in [-0.05, 0) is 43.5 Å². The van der Waals surface area contributed by atoms with E-state index in [0.29, 0.717) is 24.4 Å². The molecule has 0 bridgehead atoms. The van der Waals surface area contributed by atoms with Crippen LogP contribution in [0.2, 0.25) is 0 Å². The van der Waals surface area contributed by atoms with Crippen LogP contribution in [0.15, 0.2) is 18.2 Å². The first-order chi connectivity index (χ1) is 9.56. The molecular weight excluding hydrogens is 261 g/mol. The van der Waals surface area contributed by atoms with Gasteiger partial charge in [-0.2, -0.15) is 4.39 Å². The number of likely N-dealkylation sites (tertiary alicyclic amines) is 1. The van der Waals surface area contributed by atoms with Crippen molar-refractivity contribution in [1.82, 2.24) is 10.2 Å². The van der Waals surface area contributed by atoms with Crippen molar-refractivity contribution in [3.63, 3.8) is 0 Å². The fourth-order valence-electron chi connectivity index (χ4n) is 3.50. The van der Waals surface area contributed by atoms with Gasteiger partial charge in [0.05, 0.1) is 4.92 Å². The predicted molar refractivity (Wildman–Crippen MR) is 72.8 cm³/mol. The van der Waals surface area contributed by atoms with Crippen molar-refractivity contribution in [2.45, 2.75) is 19.5 Å². The van der Waals surface area contributed by atoms with Crippen molar-refractivity contribution >= 4 is 5.69 Å². The third-order valence-electron chi connectivity index (χ3n) is 4.65. The van der Waals surface area contributed by atoms with E-state index in [4.69, 9.17) is 0 Å². The zero-order chi connectivity index (χ0) is 14.3. The van der Waals surface area contributed by atoms with Crippen LogP contribution in [0.4, 0.5) is 10.1 Å². The Kier molecular flexibility index (Phi) is 3.43. The lowest BCUT2D eigenvalue weighted by Crippen LogP contribution is -2.32. The van der Waals surface area contributed by atoms with Gasteiger partial charge in [0.15, 0.2) is 0 Å². The number of nitrogens with zero attached hydrogens (tertiary/aromatic N) is 2. The van der Waals surface area contributed by atoms with Crippen LogP contribution < -0.4 is 5.32 Å². The van der Waals surface area contributed by atoms with Crippen molar-refractivity contribution in [3.8, 4) is 0 Å². The van der Waals surface area contributed by atoms with Crippen LogP contribution in [-0.2, 0) is 6.54 Å². The Morgan fingerprint density at radius 3 is 2.95 bits per heavy atom. The Morgan fingerprint density at radius 1 is 1.50 bits per heavy atom. The average molecular weight is 279 g/mol. The summed E-state index contributed by atoms with van der Waals surface area (Å²) in [6.07, 6.45) is 0. The van der Waals surface area contributed by atoms with Gasteiger partial charge in [-0.25, -0.2) is 0 Å². The third-order valence-corrected chi connectivity index (χ3v) is 4.65. The third kappa shape index (κ3) is 2.29. The molecule has 0 aromatic heterocycles. The van der Waals surface area contributed by atoms with Gasteiger partial charge in [0.2, 0.25) is 5.82 Å². The Labute approximate surface area is 116 Å². The van der Waals surface area contributed by atoms with Crippen molar-refractivity contribution in [2.75, 3.05) is 19.6 Å². The lowest BCUT2D eigenvalue weighted by Gasteiger charge is -2.24. The molecule has 0 saturated carbocycles. The minimum Gasteiger partial charge on any atom is -0.316 e. The van der Waals surface area contributed by atoms with Crippen LogP contribution >= 0.6 is 0 Å². The molecule has 6 heteroatoms. The largest absolute Gasteiger partial charge is 0.316 e. The molecule has 2 heterocycles. The Balaban J connectivity index is 1.72. The monoisotopic (exact) mass is 279 g/mol. The Morgan fingerprint density at radius 2 is 2.30 bits per heavy atom. The molecular formula is C14H18FN3O2. The minimum absolute atomic E-state index is 0.454. The standard InChI is InChI=1S/C14H18FN3O2/c1-9-12-6-16-5-11(12)8-17(9)7-10-2-3-14(18(19)20)13(15)4-10/h2-4,9,11-12,16H,5-8H2,1H3. The van der Waals surface area contributed by atoms with E-state index in [1.807, 2.05) is 0 Å². The fraction of sp³-hybridized carbons (Fsp3) is 0.571. The first-order valence-electron chi connectivity index (χ1n) is 6.94. The Hall–Kier alpha value is -1.53. The van der Waals surface area contributed by atoms with Crippen LogP contribution in [0, 0.1) is 27.8 Å². The van der Waals surface area contributed by atoms with Gasteiger partial charge in [-0.3, -0.25) is 15.0 Å². The van der Waals surface area contributed by atoms with Gasteiger partial charge >= 0.3 is 5.69 Å². The molecule has 108 valence electrons.